The number of rotatable bonds is 5. The van der Waals surface area contributed by atoms with Crippen LogP contribution < -0.4 is 14.8 Å². The molecule has 128 valence electrons. The molecule has 6 nitrogen and oxygen atoms in total. The van der Waals surface area contributed by atoms with E-state index in [-0.39, 0.29) is 11.9 Å². The second-order valence-corrected chi connectivity index (χ2v) is 6.06. The van der Waals surface area contributed by atoms with Gasteiger partial charge < -0.3 is 14.8 Å². The Labute approximate surface area is 141 Å². The molecule has 1 N–H and O–H groups in total. The molecule has 0 unspecified atom stereocenters. The Morgan fingerprint density at radius 3 is 2.62 bits per heavy atom. The van der Waals surface area contributed by atoms with Crippen LogP contribution in [0.25, 0.3) is 11.3 Å². The number of hydrogen-bond acceptors (Lipinski definition) is 4. The number of aromatic nitrogens is 2. The molecule has 0 aliphatic heterocycles. The summed E-state index contributed by atoms with van der Waals surface area (Å²) in [6.07, 6.45) is 4.46. The molecule has 24 heavy (non-hydrogen) atoms. The van der Waals surface area contributed by atoms with E-state index in [4.69, 9.17) is 9.47 Å². The summed E-state index contributed by atoms with van der Waals surface area (Å²) in [6, 6.07) is 7.64. The second kappa shape index (κ2) is 6.95. The van der Waals surface area contributed by atoms with Gasteiger partial charge in [-0.25, -0.2) is 0 Å². The smallest absolute Gasteiger partial charge is 0.272 e. The lowest BCUT2D eigenvalue weighted by molar-refractivity contribution is 0.0932. The van der Waals surface area contributed by atoms with Gasteiger partial charge in [0.25, 0.3) is 5.91 Å². The summed E-state index contributed by atoms with van der Waals surface area (Å²) in [5.74, 6) is 1.32. The van der Waals surface area contributed by atoms with Gasteiger partial charge in [0.05, 0.1) is 19.9 Å². The number of carbonyl (C=O) groups excluding carboxylic acids is 1. The molecule has 0 saturated heterocycles. The molecular formula is C18H23N3O3. The molecule has 1 amide bonds. The average Bonchev–Trinajstić information content (AvgIpc) is 3.23. The fraction of sp³-hybridized carbons (Fsp3) is 0.444. The number of benzene rings is 1. The Bertz CT molecular complexity index is 733. The number of aryl methyl sites for hydroxylation is 1. The van der Waals surface area contributed by atoms with Crippen molar-refractivity contribution in [1.82, 2.24) is 15.1 Å². The van der Waals surface area contributed by atoms with Crippen LogP contribution in [0.3, 0.4) is 0 Å². The molecule has 1 heterocycles. The molecule has 1 fully saturated rings. The van der Waals surface area contributed by atoms with Gasteiger partial charge in [-0.3, -0.25) is 9.48 Å². The predicted molar refractivity (Wildman–Crippen MR) is 91.5 cm³/mol. The number of nitrogens with zero attached hydrogens (tertiary/aromatic N) is 2. The summed E-state index contributed by atoms with van der Waals surface area (Å²) in [6.45, 7) is 0. The monoisotopic (exact) mass is 329 g/mol. The molecule has 6 heteroatoms. The highest BCUT2D eigenvalue weighted by Crippen LogP contribution is 2.33. The zero-order valence-electron chi connectivity index (χ0n) is 14.3. The Morgan fingerprint density at radius 2 is 1.96 bits per heavy atom. The number of nitrogens with one attached hydrogen (secondary N) is 1. The molecule has 2 aromatic rings. The summed E-state index contributed by atoms with van der Waals surface area (Å²) in [4.78, 5) is 12.4. The van der Waals surface area contributed by atoms with Gasteiger partial charge in [-0.15, -0.1) is 0 Å². The van der Waals surface area contributed by atoms with Gasteiger partial charge in [0.15, 0.2) is 5.69 Å². The first-order chi connectivity index (χ1) is 11.6. The summed E-state index contributed by atoms with van der Waals surface area (Å²) >= 11 is 0. The Balaban J connectivity index is 1.89. The number of ether oxygens (including phenoxy) is 2. The first kappa shape index (κ1) is 16.4. The minimum atomic E-state index is -0.120. The predicted octanol–water partition coefficient (Wildman–Crippen LogP) is 2.78. The van der Waals surface area contributed by atoms with Crippen molar-refractivity contribution >= 4 is 5.91 Å². The van der Waals surface area contributed by atoms with Gasteiger partial charge >= 0.3 is 0 Å². The van der Waals surface area contributed by atoms with Gasteiger partial charge in [0.2, 0.25) is 0 Å². The molecular weight excluding hydrogens is 306 g/mol. The molecule has 0 spiro atoms. The molecule has 1 saturated carbocycles. The summed E-state index contributed by atoms with van der Waals surface area (Å²) in [7, 11) is 5.06. The second-order valence-electron chi connectivity index (χ2n) is 6.06. The first-order valence-corrected chi connectivity index (χ1v) is 8.19. The Hall–Kier alpha value is -2.50. The topological polar surface area (TPSA) is 65.4 Å². The van der Waals surface area contributed by atoms with Crippen molar-refractivity contribution in [1.29, 1.82) is 0 Å². The Morgan fingerprint density at radius 1 is 1.21 bits per heavy atom. The lowest BCUT2D eigenvalue weighted by Gasteiger charge is -2.10. The molecule has 1 aromatic carbocycles. The van der Waals surface area contributed by atoms with Crippen molar-refractivity contribution in [2.24, 2.45) is 7.05 Å². The summed E-state index contributed by atoms with van der Waals surface area (Å²) in [5.41, 5.74) is 2.07. The van der Waals surface area contributed by atoms with E-state index in [2.05, 4.69) is 10.4 Å². The maximum absolute atomic E-state index is 12.4. The normalized spacial score (nSPS) is 14.6. The molecule has 0 atom stereocenters. The van der Waals surface area contributed by atoms with Gasteiger partial charge in [0.1, 0.15) is 11.5 Å². The van der Waals surface area contributed by atoms with Crippen LogP contribution in [0.5, 0.6) is 11.5 Å². The van der Waals surface area contributed by atoms with Crippen LogP contribution in [0.4, 0.5) is 0 Å². The van der Waals surface area contributed by atoms with Crippen LogP contribution in [0.15, 0.2) is 24.3 Å². The number of methoxy groups -OCH3 is 2. The van der Waals surface area contributed by atoms with Crippen LogP contribution in [0.1, 0.15) is 36.2 Å². The van der Waals surface area contributed by atoms with E-state index in [9.17, 15) is 4.79 Å². The fourth-order valence-corrected chi connectivity index (χ4v) is 3.17. The van der Waals surface area contributed by atoms with E-state index in [1.807, 2.05) is 25.2 Å². The molecule has 1 aromatic heterocycles. The van der Waals surface area contributed by atoms with E-state index in [0.717, 1.165) is 29.8 Å². The quantitative estimate of drug-likeness (QED) is 0.916. The zero-order valence-corrected chi connectivity index (χ0v) is 14.3. The zero-order chi connectivity index (χ0) is 17.1. The van der Waals surface area contributed by atoms with Crippen molar-refractivity contribution < 1.29 is 14.3 Å². The van der Waals surface area contributed by atoms with Gasteiger partial charge in [-0.05, 0) is 37.1 Å². The molecule has 3 rings (SSSR count). The maximum atomic E-state index is 12.4. The van der Waals surface area contributed by atoms with Crippen molar-refractivity contribution in [3.63, 3.8) is 0 Å². The summed E-state index contributed by atoms with van der Waals surface area (Å²) in [5, 5.41) is 7.44. The molecule has 1 aliphatic carbocycles. The van der Waals surface area contributed by atoms with E-state index < -0.39 is 0 Å². The minimum absolute atomic E-state index is 0.120. The molecule has 0 radical (unpaired) electrons. The van der Waals surface area contributed by atoms with Gasteiger partial charge in [0, 0.05) is 18.7 Å². The van der Waals surface area contributed by atoms with E-state index >= 15 is 0 Å². The summed E-state index contributed by atoms with van der Waals surface area (Å²) < 4.78 is 12.4. The van der Waals surface area contributed by atoms with Crippen LogP contribution >= 0.6 is 0 Å². The van der Waals surface area contributed by atoms with Crippen LogP contribution in [0.2, 0.25) is 0 Å². The van der Waals surface area contributed by atoms with Gasteiger partial charge in [-0.1, -0.05) is 12.8 Å². The first-order valence-electron chi connectivity index (χ1n) is 8.19. The van der Waals surface area contributed by atoms with Crippen molar-refractivity contribution in [2.75, 3.05) is 14.2 Å². The third-order valence-electron chi connectivity index (χ3n) is 4.49. The third kappa shape index (κ3) is 3.22. The van der Waals surface area contributed by atoms with E-state index in [0.29, 0.717) is 11.4 Å². The number of carbonyl (C=O) groups is 1. The number of amides is 1. The average molecular weight is 329 g/mol. The highest BCUT2D eigenvalue weighted by Gasteiger charge is 2.21. The van der Waals surface area contributed by atoms with Crippen molar-refractivity contribution in [3.8, 4) is 22.8 Å². The van der Waals surface area contributed by atoms with Crippen LogP contribution in [-0.4, -0.2) is 35.9 Å². The van der Waals surface area contributed by atoms with E-state index in [1.54, 1.807) is 25.0 Å². The van der Waals surface area contributed by atoms with Crippen LogP contribution in [-0.2, 0) is 7.05 Å². The standard InChI is InChI=1S/C18H23N3O3/c1-21-16(14-10-13(23-2)8-9-17(14)24-3)11-15(20-21)18(22)19-12-6-4-5-7-12/h8-12H,4-7H2,1-3H3,(H,19,22). The maximum Gasteiger partial charge on any atom is 0.272 e. The molecule has 1 aliphatic rings. The van der Waals surface area contributed by atoms with Crippen LogP contribution in [0, 0.1) is 0 Å². The largest absolute Gasteiger partial charge is 0.497 e. The van der Waals surface area contributed by atoms with Crippen molar-refractivity contribution in [2.45, 2.75) is 31.7 Å². The lowest BCUT2D eigenvalue weighted by atomic mass is 10.1. The highest BCUT2D eigenvalue weighted by atomic mass is 16.5. The van der Waals surface area contributed by atoms with Gasteiger partial charge in [-0.2, -0.15) is 5.10 Å². The molecule has 0 bridgehead atoms. The fourth-order valence-electron chi connectivity index (χ4n) is 3.17. The van der Waals surface area contributed by atoms with E-state index in [1.165, 1.54) is 12.8 Å². The number of hydrogen-bond donors (Lipinski definition) is 1. The highest BCUT2D eigenvalue weighted by molar-refractivity contribution is 5.94. The lowest BCUT2D eigenvalue weighted by Crippen LogP contribution is -2.32. The SMILES string of the molecule is COc1ccc(OC)c(-c2cc(C(=O)NC3CCCC3)nn2C)c1. The minimum Gasteiger partial charge on any atom is -0.497 e. The van der Waals surface area contributed by atoms with Crippen molar-refractivity contribution in [3.05, 3.63) is 30.0 Å². The Kier molecular flexibility index (Phi) is 4.74. The third-order valence-corrected chi connectivity index (χ3v) is 4.49.